The van der Waals surface area contributed by atoms with Crippen LogP contribution in [-0.2, 0) is 0 Å². The Hall–Kier alpha value is -3.58. The lowest BCUT2D eigenvalue weighted by Crippen LogP contribution is -2.14. The topological polar surface area (TPSA) is 51.2 Å². The maximum Gasteiger partial charge on any atom is 0.387 e. The van der Waals surface area contributed by atoms with Crippen LogP contribution >= 0.6 is 11.3 Å². The Bertz CT molecular complexity index is 1150. The van der Waals surface area contributed by atoms with Crippen molar-refractivity contribution in [1.29, 1.82) is 0 Å². The predicted octanol–water partition coefficient (Wildman–Crippen LogP) is 6.33. The van der Waals surface area contributed by atoms with Crippen molar-refractivity contribution in [3.05, 3.63) is 89.8 Å². The van der Waals surface area contributed by atoms with Crippen molar-refractivity contribution in [2.45, 2.75) is 6.61 Å². The van der Waals surface area contributed by atoms with Gasteiger partial charge in [-0.05, 0) is 23.3 Å². The molecule has 4 rings (SSSR count). The zero-order valence-corrected chi connectivity index (χ0v) is 16.4. The molecule has 0 unspecified atom stereocenters. The second-order valence-corrected chi connectivity index (χ2v) is 7.17. The third kappa shape index (κ3) is 4.52. The minimum absolute atomic E-state index is 0.0155. The molecule has 0 saturated heterocycles. The minimum Gasteiger partial charge on any atom is -0.434 e. The Labute approximate surface area is 175 Å². The van der Waals surface area contributed by atoms with Crippen molar-refractivity contribution in [3.8, 4) is 28.1 Å². The van der Waals surface area contributed by atoms with E-state index in [1.807, 2.05) is 60.0 Å². The van der Waals surface area contributed by atoms with Crippen LogP contribution < -0.4 is 10.1 Å². The molecule has 1 aromatic heterocycles. The van der Waals surface area contributed by atoms with E-state index in [2.05, 4.69) is 15.0 Å². The quantitative estimate of drug-likeness (QED) is 0.395. The van der Waals surface area contributed by atoms with Crippen LogP contribution in [-0.4, -0.2) is 17.5 Å². The molecule has 1 N–H and O–H groups in total. The van der Waals surface area contributed by atoms with Gasteiger partial charge in [0.25, 0.3) is 5.91 Å². The molecule has 0 atom stereocenters. The van der Waals surface area contributed by atoms with Gasteiger partial charge in [-0.1, -0.05) is 66.7 Å². The molecular weight excluding hydrogens is 406 g/mol. The Balaban J connectivity index is 1.49. The summed E-state index contributed by atoms with van der Waals surface area (Å²) in [5, 5.41) is 4.84. The summed E-state index contributed by atoms with van der Waals surface area (Å²) in [6.07, 6.45) is 0. The lowest BCUT2D eigenvalue weighted by atomic mass is 10.0. The van der Waals surface area contributed by atoms with E-state index >= 15 is 0 Å². The number of anilines is 1. The second kappa shape index (κ2) is 8.84. The fourth-order valence-electron chi connectivity index (χ4n) is 2.95. The molecule has 0 aliphatic heterocycles. The van der Waals surface area contributed by atoms with Gasteiger partial charge in [0, 0.05) is 10.9 Å². The lowest BCUT2D eigenvalue weighted by Gasteiger charge is -2.09. The lowest BCUT2D eigenvalue weighted by molar-refractivity contribution is -0.0501. The Morgan fingerprint density at radius 1 is 0.867 bits per heavy atom. The highest BCUT2D eigenvalue weighted by Gasteiger charge is 2.17. The summed E-state index contributed by atoms with van der Waals surface area (Å²) in [5.74, 6) is -0.746. The van der Waals surface area contributed by atoms with Crippen LogP contribution in [0.1, 0.15) is 10.4 Å². The first-order valence-electron chi connectivity index (χ1n) is 9.07. The zero-order chi connectivity index (χ0) is 20.9. The summed E-state index contributed by atoms with van der Waals surface area (Å²) in [7, 11) is 0. The van der Waals surface area contributed by atoms with Crippen molar-refractivity contribution in [2.75, 3.05) is 5.32 Å². The zero-order valence-electron chi connectivity index (χ0n) is 15.6. The fourth-order valence-corrected chi connectivity index (χ4v) is 3.66. The molecule has 0 bridgehead atoms. The number of hydrogen-bond donors (Lipinski definition) is 1. The number of carbonyl (C=O) groups is 1. The number of para-hydroxylation sites is 1. The van der Waals surface area contributed by atoms with Crippen LogP contribution in [0.4, 0.5) is 13.9 Å². The molecule has 0 saturated carbocycles. The van der Waals surface area contributed by atoms with E-state index in [4.69, 9.17) is 0 Å². The van der Waals surface area contributed by atoms with Gasteiger partial charge in [0.2, 0.25) is 0 Å². The largest absolute Gasteiger partial charge is 0.434 e. The Kier molecular flexibility index (Phi) is 5.81. The Morgan fingerprint density at radius 3 is 2.23 bits per heavy atom. The van der Waals surface area contributed by atoms with Gasteiger partial charge >= 0.3 is 6.61 Å². The summed E-state index contributed by atoms with van der Waals surface area (Å²) in [5.41, 5.74) is 3.86. The number of amides is 1. The summed E-state index contributed by atoms with van der Waals surface area (Å²) >= 11 is 1.26. The fraction of sp³-hybridized carbons (Fsp3) is 0.0435. The van der Waals surface area contributed by atoms with Crippen molar-refractivity contribution in [3.63, 3.8) is 0 Å². The first-order valence-corrected chi connectivity index (χ1v) is 9.95. The van der Waals surface area contributed by atoms with Gasteiger partial charge < -0.3 is 4.74 Å². The van der Waals surface area contributed by atoms with E-state index in [0.717, 1.165) is 16.7 Å². The highest BCUT2D eigenvalue weighted by Crippen LogP contribution is 2.28. The highest BCUT2D eigenvalue weighted by molar-refractivity contribution is 7.14. The summed E-state index contributed by atoms with van der Waals surface area (Å²) in [6.45, 7) is -3.01. The monoisotopic (exact) mass is 422 g/mol. The molecule has 0 aliphatic rings. The summed E-state index contributed by atoms with van der Waals surface area (Å²) in [4.78, 5) is 16.9. The molecule has 30 heavy (non-hydrogen) atoms. The number of ether oxygens (including phenoxy) is 1. The van der Waals surface area contributed by atoms with E-state index in [-0.39, 0.29) is 11.3 Å². The SMILES string of the molecule is O=C(Nc1nc(-c2ccc(-c3ccccc3)cc2)cs1)c1ccccc1OC(F)F. The van der Waals surface area contributed by atoms with Gasteiger partial charge in [-0.25, -0.2) is 4.98 Å². The minimum atomic E-state index is -3.01. The molecule has 1 heterocycles. The maximum absolute atomic E-state index is 12.6. The van der Waals surface area contributed by atoms with Crippen LogP contribution in [0.2, 0.25) is 0 Å². The van der Waals surface area contributed by atoms with Crippen LogP contribution in [0.25, 0.3) is 22.4 Å². The average Bonchev–Trinajstić information content (AvgIpc) is 3.23. The van der Waals surface area contributed by atoms with Crippen LogP contribution in [0.3, 0.4) is 0 Å². The van der Waals surface area contributed by atoms with Gasteiger partial charge in [-0.2, -0.15) is 8.78 Å². The number of hydrogen-bond acceptors (Lipinski definition) is 4. The number of nitrogens with zero attached hydrogens (tertiary/aromatic N) is 1. The van der Waals surface area contributed by atoms with Crippen LogP contribution in [0.15, 0.2) is 84.2 Å². The molecule has 0 aliphatic carbocycles. The van der Waals surface area contributed by atoms with Crippen molar-refractivity contribution < 1.29 is 18.3 Å². The van der Waals surface area contributed by atoms with E-state index < -0.39 is 12.5 Å². The molecule has 150 valence electrons. The van der Waals surface area contributed by atoms with Crippen LogP contribution in [0, 0.1) is 0 Å². The Morgan fingerprint density at radius 2 is 1.50 bits per heavy atom. The number of aromatic nitrogens is 1. The van der Waals surface area contributed by atoms with Gasteiger partial charge in [0.15, 0.2) is 5.13 Å². The van der Waals surface area contributed by atoms with Gasteiger partial charge in [-0.15, -0.1) is 11.3 Å². The van der Waals surface area contributed by atoms with Crippen molar-refractivity contribution >= 4 is 22.4 Å². The molecule has 4 nitrogen and oxygen atoms in total. The molecule has 0 fully saturated rings. The van der Waals surface area contributed by atoms with Crippen LogP contribution in [0.5, 0.6) is 5.75 Å². The first kappa shape index (κ1) is 19.7. The molecule has 7 heteroatoms. The molecule has 3 aromatic carbocycles. The smallest absolute Gasteiger partial charge is 0.387 e. The standard InChI is InChI=1S/C23H16F2N2O2S/c24-22(25)29-20-9-5-4-8-18(20)21(28)27-23-26-19(14-30-23)17-12-10-16(11-13-17)15-6-2-1-3-7-15/h1-14,22H,(H,26,27,28). The van der Waals surface area contributed by atoms with Crippen molar-refractivity contribution in [1.82, 2.24) is 4.98 Å². The predicted molar refractivity (Wildman–Crippen MR) is 114 cm³/mol. The van der Waals surface area contributed by atoms with Crippen molar-refractivity contribution in [2.24, 2.45) is 0 Å². The number of carbonyl (C=O) groups excluding carboxylic acids is 1. The summed E-state index contributed by atoms with van der Waals surface area (Å²) in [6, 6.07) is 23.8. The molecule has 4 aromatic rings. The number of halogens is 2. The van der Waals surface area contributed by atoms with E-state index in [0.29, 0.717) is 10.8 Å². The number of rotatable bonds is 6. The van der Waals surface area contributed by atoms with Gasteiger partial charge in [0.1, 0.15) is 5.75 Å². The third-order valence-electron chi connectivity index (χ3n) is 4.36. The summed E-state index contributed by atoms with van der Waals surface area (Å²) < 4.78 is 29.5. The number of alkyl halides is 2. The number of thiazole rings is 1. The average molecular weight is 422 g/mol. The van der Waals surface area contributed by atoms with E-state index in [9.17, 15) is 13.6 Å². The number of benzene rings is 3. The molecular formula is C23H16F2N2O2S. The van der Waals surface area contributed by atoms with E-state index in [1.165, 1.54) is 29.5 Å². The third-order valence-corrected chi connectivity index (χ3v) is 5.12. The number of nitrogens with one attached hydrogen (secondary N) is 1. The molecule has 1 amide bonds. The normalized spacial score (nSPS) is 10.8. The highest BCUT2D eigenvalue weighted by atomic mass is 32.1. The van der Waals surface area contributed by atoms with E-state index in [1.54, 1.807) is 6.07 Å². The molecule has 0 spiro atoms. The van der Waals surface area contributed by atoms with Gasteiger partial charge in [-0.3, -0.25) is 10.1 Å². The van der Waals surface area contributed by atoms with Gasteiger partial charge in [0.05, 0.1) is 11.3 Å². The first-order chi connectivity index (χ1) is 14.6. The molecule has 0 radical (unpaired) electrons. The maximum atomic E-state index is 12.6. The second-order valence-electron chi connectivity index (χ2n) is 6.31.